The molecule has 0 unspecified atom stereocenters. The first-order valence-electron chi connectivity index (χ1n) is 10.5. The number of rotatable bonds is 8. The van der Waals surface area contributed by atoms with Crippen LogP contribution < -0.4 is 14.4 Å². The smallest absolute Gasteiger partial charge is 0.419 e. The van der Waals surface area contributed by atoms with E-state index in [1.165, 1.54) is 4.90 Å². The van der Waals surface area contributed by atoms with E-state index in [9.17, 15) is 27.2 Å². The average Bonchev–Trinajstić information content (AvgIpc) is 3.14. The van der Waals surface area contributed by atoms with Crippen LogP contribution in [0.5, 0.6) is 11.5 Å². The predicted octanol–water partition coefficient (Wildman–Crippen LogP) is 5.09. The fraction of sp³-hybridized carbons (Fsp3) is 0.200. The maximum atomic E-state index is 14.1. The lowest BCUT2D eigenvalue weighted by Crippen LogP contribution is -2.23. The first-order chi connectivity index (χ1) is 16.6. The van der Waals surface area contributed by atoms with E-state index in [2.05, 4.69) is 0 Å². The van der Waals surface area contributed by atoms with Crippen LogP contribution in [0.25, 0.3) is 0 Å². The third-order valence-electron chi connectivity index (χ3n) is 5.40. The summed E-state index contributed by atoms with van der Waals surface area (Å²) in [5, 5.41) is 8.72. The fourth-order valence-corrected chi connectivity index (χ4v) is 3.76. The van der Waals surface area contributed by atoms with Gasteiger partial charge in [-0.15, -0.1) is 0 Å². The number of carboxylic acids is 1. The van der Waals surface area contributed by atoms with Crippen molar-refractivity contribution < 1.29 is 41.7 Å². The van der Waals surface area contributed by atoms with Gasteiger partial charge in [0.2, 0.25) is 0 Å². The summed E-state index contributed by atoms with van der Waals surface area (Å²) < 4.78 is 63.7. The molecule has 1 aliphatic rings. The van der Waals surface area contributed by atoms with E-state index in [0.29, 0.717) is 41.2 Å². The number of benzene rings is 3. The van der Waals surface area contributed by atoms with Gasteiger partial charge in [0.1, 0.15) is 17.3 Å². The van der Waals surface area contributed by atoms with Gasteiger partial charge < -0.3 is 19.5 Å². The number of anilines is 1. The highest BCUT2D eigenvalue weighted by molar-refractivity contribution is 6.10. The monoisotopic (exact) mass is 489 g/mol. The van der Waals surface area contributed by atoms with Crippen molar-refractivity contribution in [1.82, 2.24) is 0 Å². The van der Waals surface area contributed by atoms with Gasteiger partial charge in [-0.1, -0.05) is 18.2 Å². The molecule has 6 nitrogen and oxygen atoms in total. The maximum Gasteiger partial charge on any atom is 0.419 e. The number of ether oxygens (including phenoxy) is 2. The second-order valence-electron chi connectivity index (χ2n) is 7.76. The molecule has 4 rings (SSSR count). The van der Waals surface area contributed by atoms with Crippen molar-refractivity contribution >= 4 is 17.6 Å². The molecule has 0 spiro atoms. The van der Waals surface area contributed by atoms with E-state index in [0.717, 1.165) is 11.6 Å². The second kappa shape index (κ2) is 9.65. The van der Waals surface area contributed by atoms with Crippen LogP contribution in [0.2, 0.25) is 0 Å². The summed E-state index contributed by atoms with van der Waals surface area (Å²) in [7, 11) is 0. The molecule has 3 aromatic rings. The Balaban J connectivity index is 1.45. The van der Waals surface area contributed by atoms with Crippen LogP contribution in [-0.4, -0.2) is 30.2 Å². The first kappa shape index (κ1) is 24.1. The number of carboxylic acid groups (broad SMARTS) is 1. The van der Waals surface area contributed by atoms with Crippen LogP contribution in [0.1, 0.15) is 27.0 Å². The molecule has 1 aliphatic heterocycles. The van der Waals surface area contributed by atoms with Crippen LogP contribution >= 0.6 is 0 Å². The zero-order valence-corrected chi connectivity index (χ0v) is 18.1. The first-order valence-corrected chi connectivity index (χ1v) is 10.5. The van der Waals surface area contributed by atoms with E-state index in [1.807, 2.05) is 6.07 Å². The Labute approximate surface area is 197 Å². The molecule has 3 aromatic carbocycles. The number of carbonyl (C=O) groups is 2. The fourth-order valence-electron chi connectivity index (χ4n) is 3.76. The highest BCUT2D eigenvalue weighted by Crippen LogP contribution is 2.37. The maximum absolute atomic E-state index is 14.1. The number of nitrogens with zero attached hydrogens (tertiary/aromatic N) is 1. The predicted molar refractivity (Wildman–Crippen MR) is 117 cm³/mol. The number of carbonyl (C=O) groups excluding carboxylic acids is 1. The Kier molecular flexibility index (Phi) is 6.63. The van der Waals surface area contributed by atoms with E-state index in [1.54, 1.807) is 36.4 Å². The summed E-state index contributed by atoms with van der Waals surface area (Å²) >= 11 is 0. The molecule has 0 atom stereocenters. The molecule has 0 radical (unpaired) electrons. The number of fused-ring (bicyclic) bond motifs is 1. The number of hydrogen-bond donors (Lipinski definition) is 1. The van der Waals surface area contributed by atoms with Crippen molar-refractivity contribution in [3.63, 3.8) is 0 Å². The number of amides is 1. The summed E-state index contributed by atoms with van der Waals surface area (Å²) in [6, 6.07) is 14.2. The second-order valence-corrected chi connectivity index (χ2v) is 7.76. The van der Waals surface area contributed by atoms with E-state index < -0.39 is 36.0 Å². The minimum absolute atomic E-state index is 0.0147. The molecule has 0 fully saturated rings. The summed E-state index contributed by atoms with van der Waals surface area (Å²) in [4.78, 5) is 24.7. The quantitative estimate of drug-likeness (QED) is 0.446. The lowest BCUT2D eigenvalue weighted by Gasteiger charge is -2.17. The average molecular weight is 489 g/mol. The summed E-state index contributed by atoms with van der Waals surface area (Å²) in [6.45, 7) is -0.195. The highest BCUT2D eigenvalue weighted by atomic mass is 19.4. The van der Waals surface area contributed by atoms with Crippen LogP contribution in [-0.2, 0) is 23.9 Å². The highest BCUT2D eigenvalue weighted by Gasteiger charge is 2.36. The van der Waals surface area contributed by atoms with Crippen molar-refractivity contribution in [3.05, 3.63) is 88.7 Å². The molecule has 10 heteroatoms. The van der Waals surface area contributed by atoms with Gasteiger partial charge in [-0.2, -0.15) is 13.2 Å². The lowest BCUT2D eigenvalue weighted by molar-refractivity contribution is -0.140. The Morgan fingerprint density at radius 2 is 1.80 bits per heavy atom. The molecule has 1 amide bonds. The number of aliphatic carboxylic acids is 1. The normalized spacial score (nSPS) is 13.0. The molecule has 0 saturated carbocycles. The Morgan fingerprint density at radius 3 is 2.51 bits per heavy atom. The molecular weight excluding hydrogens is 470 g/mol. The van der Waals surface area contributed by atoms with Gasteiger partial charge in [-0.25, -0.2) is 9.18 Å². The Morgan fingerprint density at radius 1 is 1.03 bits per heavy atom. The number of hydrogen-bond acceptors (Lipinski definition) is 4. The topological polar surface area (TPSA) is 76.1 Å². The largest absolute Gasteiger partial charge is 0.493 e. The molecule has 0 aliphatic carbocycles. The van der Waals surface area contributed by atoms with Crippen LogP contribution in [0, 0.1) is 5.82 Å². The SMILES string of the molecule is O=C(O)COc1cccc(CCOc2cccc3c2CN(c2ccc(C(F)(F)F)c(F)c2)C3=O)c1. The van der Waals surface area contributed by atoms with Crippen LogP contribution in [0.3, 0.4) is 0 Å². The zero-order chi connectivity index (χ0) is 25.2. The Hall–Kier alpha value is -4.08. The van der Waals surface area contributed by atoms with Gasteiger partial charge in [0, 0.05) is 23.2 Å². The zero-order valence-electron chi connectivity index (χ0n) is 18.1. The van der Waals surface area contributed by atoms with Gasteiger partial charge in [0.25, 0.3) is 5.91 Å². The molecule has 0 saturated heterocycles. The molecule has 0 bridgehead atoms. The summed E-state index contributed by atoms with van der Waals surface area (Å²) in [5.74, 6) is -2.16. The van der Waals surface area contributed by atoms with Gasteiger partial charge >= 0.3 is 12.1 Å². The number of halogens is 4. The molecule has 182 valence electrons. The van der Waals surface area contributed by atoms with Gasteiger partial charge in [0.15, 0.2) is 6.61 Å². The summed E-state index contributed by atoms with van der Waals surface area (Å²) in [6.07, 6.45) is -4.36. The van der Waals surface area contributed by atoms with Crippen LogP contribution in [0.4, 0.5) is 23.2 Å². The van der Waals surface area contributed by atoms with E-state index in [-0.39, 0.29) is 18.8 Å². The minimum Gasteiger partial charge on any atom is -0.493 e. The third kappa shape index (κ3) is 5.37. The molecular formula is C25H19F4NO5. The van der Waals surface area contributed by atoms with Crippen molar-refractivity contribution in [3.8, 4) is 11.5 Å². The molecule has 1 heterocycles. The van der Waals surface area contributed by atoms with Crippen molar-refractivity contribution in [2.45, 2.75) is 19.1 Å². The number of alkyl halides is 3. The van der Waals surface area contributed by atoms with Gasteiger partial charge in [0.05, 0.1) is 18.7 Å². The molecule has 35 heavy (non-hydrogen) atoms. The van der Waals surface area contributed by atoms with Gasteiger partial charge in [-0.05, 0) is 48.0 Å². The van der Waals surface area contributed by atoms with Crippen LogP contribution in [0.15, 0.2) is 60.7 Å². The third-order valence-corrected chi connectivity index (χ3v) is 5.40. The van der Waals surface area contributed by atoms with Crippen molar-refractivity contribution in [2.24, 2.45) is 0 Å². The summed E-state index contributed by atoms with van der Waals surface area (Å²) in [5.41, 5.74) is 0.342. The van der Waals surface area contributed by atoms with E-state index in [4.69, 9.17) is 14.6 Å². The van der Waals surface area contributed by atoms with Gasteiger partial charge in [-0.3, -0.25) is 4.79 Å². The van der Waals surface area contributed by atoms with E-state index >= 15 is 0 Å². The minimum atomic E-state index is -4.83. The Bertz CT molecular complexity index is 1270. The van der Waals surface area contributed by atoms with Crippen molar-refractivity contribution in [2.75, 3.05) is 18.1 Å². The standard InChI is InChI=1S/C25H19F4NO5/c26-21-12-16(7-8-20(21)25(27,28)29)30-13-19-18(24(30)33)5-2-6-22(19)34-10-9-15-3-1-4-17(11-15)35-14-23(31)32/h1-8,11-12H,9-10,13-14H2,(H,31,32). The lowest BCUT2D eigenvalue weighted by atomic mass is 10.1. The molecule has 1 N–H and O–H groups in total. The van der Waals surface area contributed by atoms with Crippen molar-refractivity contribution in [1.29, 1.82) is 0 Å². The molecule has 0 aromatic heterocycles.